The second kappa shape index (κ2) is 7.15. The van der Waals surface area contributed by atoms with Gasteiger partial charge in [-0.2, -0.15) is 10.2 Å². The minimum absolute atomic E-state index is 0.0777. The SMILES string of the molecule is O=C(NC1CCN(C2CCCCC2O)CC1)c1ccnnc1. The van der Waals surface area contributed by atoms with Gasteiger partial charge >= 0.3 is 0 Å². The van der Waals surface area contributed by atoms with Crippen LogP contribution in [-0.2, 0) is 0 Å². The van der Waals surface area contributed by atoms with E-state index in [4.69, 9.17) is 0 Å². The van der Waals surface area contributed by atoms with E-state index in [-0.39, 0.29) is 18.1 Å². The molecule has 120 valence electrons. The molecule has 1 aliphatic carbocycles. The Morgan fingerprint density at radius 2 is 1.95 bits per heavy atom. The zero-order chi connectivity index (χ0) is 15.4. The molecular weight excluding hydrogens is 280 g/mol. The van der Waals surface area contributed by atoms with E-state index in [0.717, 1.165) is 45.2 Å². The van der Waals surface area contributed by atoms with Crippen molar-refractivity contribution >= 4 is 5.91 Å². The fourth-order valence-electron chi connectivity index (χ4n) is 3.59. The van der Waals surface area contributed by atoms with E-state index < -0.39 is 0 Å². The molecule has 2 atom stereocenters. The Balaban J connectivity index is 1.48. The largest absolute Gasteiger partial charge is 0.391 e. The summed E-state index contributed by atoms with van der Waals surface area (Å²) in [5, 5.41) is 20.6. The second-order valence-electron chi connectivity index (χ2n) is 6.33. The summed E-state index contributed by atoms with van der Waals surface area (Å²) in [5.41, 5.74) is 0.556. The van der Waals surface area contributed by atoms with Crippen LogP contribution >= 0.6 is 0 Å². The molecule has 0 spiro atoms. The number of amides is 1. The Morgan fingerprint density at radius 3 is 2.64 bits per heavy atom. The average Bonchev–Trinajstić information content (AvgIpc) is 2.57. The molecular formula is C16H24N4O2. The summed E-state index contributed by atoms with van der Waals surface area (Å²) in [4.78, 5) is 14.5. The number of aromatic nitrogens is 2. The number of rotatable bonds is 3. The van der Waals surface area contributed by atoms with Gasteiger partial charge in [-0.3, -0.25) is 9.69 Å². The van der Waals surface area contributed by atoms with Gasteiger partial charge < -0.3 is 10.4 Å². The number of nitrogens with zero attached hydrogens (tertiary/aromatic N) is 3. The highest BCUT2D eigenvalue weighted by molar-refractivity contribution is 5.93. The van der Waals surface area contributed by atoms with Gasteiger partial charge in [-0.25, -0.2) is 0 Å². The molecule has 0 radical (unpaired) electrons. The first kappa shape index (κ1) is 15.4. The second-order valence-corrected chi connectivity index (χ2v) is 6.33. The summed E-state index contributed by atoms with van der Waals surface area (Å²) in [7, 11) is 0. The van der Waals surface area contributed by atoms with Gasteiger partial charge in [0.2, 0.25) is 0 Å². The predicted molar refractivity (Wildman–Crippen MR) is 82.4 cm³/mol. The Hall–Kier alpha value is -1.53. The van der Waals surface area contributed by atoms with Crippen LogP contribution in [0.1, 0.15) is 48.9 Å². The average molecular weight is 304 g/mol. The lowest BCUT2D eigenvalue weighted by Crippen LogP contribution is -2.52. The molecule has 1 aromatic rings. The number of hydrogen-bond donors (Lipinski definition) is 2. The van der Waals surface area contributed by atoms with E-state index in [2.05, 4.69) is 20.4 Å². The Labute approximate surface area is 130 Å². The number of likely N-dealkylation sites (tertiary alicyclic amines) is 1. The topological polar surface area (TPSA) is 78.4 Å². The minimum Gasteiger partial charge on any atom is -0.391 e. The number of aliphatic hydroxyl groups excluding tert-OH is 1. The molecule has 1 amide bonds. The molecule has 2 N–H and O–H groups in total. The van der Waals surface area contributed by atoms with E-state index in [1.54, 1.807) is 6.07 Å². The van der Waals surface area contributed by atoms with Gasteiger partial charge in [-0.1, -0.05) is 12.8 Å². The summed E-state index contributed by atoms with van der Waals surface area (Å²) in [6.45, 7) is 1.89. The molecule has 6 heteroatoms. The van der Waals surface area contributed by atoms with E-state index in [9.17, 15) is 9.90 Å². The lowest BCUT2D eigenvalue weighted by molar-refractivity contribution is 0.00727. The molecule has 1 saturated carbocycles. The first-order chi connectivity index (χ1) is 10.7. The van der Waals surface area contributed by atoms with Gasteiger partial charge in [0.1, 0.15) is 0 Å². The predicted octanol–water partition coefficient (Wildman–Crippen LogP) is 0.974. The molecule has 2 aliphatic rings. The van der Waals surface area contributed by atoms with Crippen LogP contribution in [0.25, 0.3) is 0 Å². The highest BCUT2D eigenvalue weighted by atomic mass is 16.3. The summed E-state index contributed by atoms with van der Waals surface area (Å²) >= 11 is 0. The number of hydrogen-bond acceptors (Lipinski definition) is 5. The smallest absolute Gasteiger partial charge is 0.253 e. The van der Waals surface area contributed by atoms with Gasteiger partial charge in [0.15, 0.2) is 0 Å². The molecule has 0 bridgehead atoms. The first-order valence-electron chi connectivity index (χ1n) is 8.24. The van der Waals surface area contributed by atoms with Crippen LogP contribution in [0.2, 0.25) is 0 Å². The molecule has 1 aromatic heterocycles. The van der Waals surface area contributed by atoms with Crippen molar-refractivity contribution in [1.29, 1.82) is 0 Å². The molecule has 1 saturated heterocycles. The van der Waals surface area contributed by atoms with Crippen LogP contribution in [0.5, 0.6) is 0 Å². The quantitative estimate of drug-likeness (QED) is 0.870. The Morgan fingerprint density at radius 1 is 1.18 bits per heavy atom. The standard InChI is InChI=1S/C16H24N4O2/c21-15-4-2-1-3-14(15)20-9-6-13(7-10-20)19-16(22)12-5-8-17-18-11-12/h5,8,11,13-15,21H,1-4,6-7,9-10H2,(H,19,22). The molecule has 0 aromatic carbocycles. The molecule has 2 heterocycles. The maximum absolute atomic E-state index is 12.1. The number of piperidine rings is 1. The Kier molecular flexibility index (Phi) is 5.00. The van der Waals surface area contributed by atoms with E-state index >= 15 is 0 Å². The van der Waals surface area contributed by atoms with E-state index in [1.807, 2.05) is 0 Å². The number of aliphatic hydroxyl groups is 1. The number of carbonyl (C=O) groups is 1. The van der Waals surface area contributed by atoms with Crippen molar-refractivity contribution in [1.82, 2.24) is 20.4 Å². The van der Waals surface area contributed by atoms with Crippen molar-refractivity contribution in [3.05, 3.63) is 24.0 Å². The number of carbonyl (C=O) groups excluding carboxylic acids is 1. The van der Waals surface area contributed by atoms with Gasteiger partial charge in [-0.15, -0.1) is 0 Å². The Bertz CT molecular complexity index is 488. The lowest BCUT2D eigenvalue weighted by atomic mass is 9.89. The number of nitrogens with one attached hydrogen (secondary N) is 1. The van der Waals surface area contributed by atoms with Crippen LogP contribution in [-0.4, -0.2) is 57.4 Å². The minimum atomic E-state index is -0.178. The van der Waals surface area contributed by atoms with Gasteiger partial charge in [0.25, 0.3) is 5.91 Å². The monoisotopic (exact) mass is 304 g/mol. The third-order valence-corrected chi connectivity index (χ3v) is 4.87. The molecule has 6 nitrogen and oxygen atoms in total. The van der Waals surface area contributed by atoms with Gasteiger partial charge in [0.05, 0.1) is 24.1 Å². The highest BCUT2D eigenvalue weighted by Crippen LogP contribution is 2.25. The maximum Gasteiger partial charge on any atom is 0.253 e. The molecule has 22 heavy (non-hydrogen) atoms. The van der Waals surface area contributed by atoms with Crippen molar-refractivity contribution in [3.63, 3.8) is 0 Å². The molecule has 3 rings (SSSR count). The molecule has 2 unspecified atom stereocenters. The van der Waals surface area contributed by atoms with Crippen molar-refractivity contribution < 1.29 is 9.90 Å². The fraction of sp³-hybridized carbons (Fsp3) is 0.688. The van der Waals surface area contributed by atoms with Crippen LogP contribution in [0, 0.1) is 0 Å². The zero-order valence-electron chi connectivity index (χ0n) is 12.8. The van der Waals surface area contributed by atoms with E-state index in [0.29, 0.717) is 11.6 Å². The van der Waals surface area contributed by atoms with Gasteiger partial charge in [-0.05, 0) is 31.7 Å². The zero-order valence-corrected chi connectivity index (χ0v) is 12.8. The summed E-state index contributed by atoms with van der Waals surface area (Å²) < 4.78 is 0. The summed E-state index contributed by atoms with van der Waals surface area (Å²) in [6, 6.07) is 2.20. The summed E-state index contributed by atoms with van der Waals surface area (Å²) in [6.07, 6.45) is 9.10. The lowest BCUT2D eigenvalue weighted by Gasteiger charge is -2.41. The molecule has 1 aliphatic heterocycles. The van der Waals surface area contributed by atoms with E-state index in [1.165, 1.54) is 18.8 Å². The highest BCUT2D eigenvalue weighted by Gasteiger charge is 2.31. The summed E-state index contributed by atoms with van der Waals surface area (Å²) in [5.74, 6) is -0.0777. The van der Waals surface area contributed by atoms with Crippen LogP contribution < -0.4 is 5.32 Å². The fourth-order valence-corrected chi connectivity index (χ4v) is 3.59. The van der Waals surface area contributed by atoms with Crippen LogP contribution in [0.3, 0.4) is 0 Å². The van der Waals surface area contributed by atoms with Crippen LogP contribution in [0.15, 0.2) is 18.5 Å². The van der Waals surface area contributed by atoms with Crippen molar-refractivity contribution in [3.8, 4) is 0 Å². The van der Waals surface area contributed by atoms with Gasteiger partial charge in [0, 0.05) is 25.2 Å². The van der Waals surface area contributed by atoms with Crippen molar-refractivity contribution in [2.24, 2.45) is 0 Å². The molecule has 2 fully saturated rings. The first-order valence-corrected chi connectivity index (χ1v) is 8.24. The van der Waals surface area contributed by atoms with Crippen molar-refractivity contribution in [2.75, 3.05) is 13.1 Å². The van der Waals surface area contributed by atoms with Crippen LogP contribution in [0.4, 0.5) is 0 Å². The normalized spacial score (nSPS) is 27.5. The third kappa shape index (κ3) is 3.62. The maximum atomic E-state index is 12.1. The third-order valence-electron chi connectivity index (χ3n) is 4.87. The van der Waals surface area contributed by atoms with Crippen molar-refractivity contribution in [2.45, 2.75) is 56.7 Å².